The highest BCUT2D eigenvalue weighted by Crippen LogP contribution is 2.20. The number of carbonyl (C=O) groups is 2. The fourth-order valence-corrected chi connectivity index (χ4v) is 1.65. The normalized spacial score (nSPS) is 9.69. The Balaban J connectivity index is 3.16. The largest absolute Gasteiger partial charge is 0.465 e. The van der Waals surface area contributed by atoms with Crippen LogP contribution in [0, 0.1) is 0 Å². The molecule has 0 atom stereocenters. The number of nitrogens with zero attached hydrogens (tertiary/aromatic N) is 1. The van der Waals surface area contributed by atoms with Gasteiger partial charge in [0.1, 0.15) is 0 Å². The van der Waals surface area contributed by atoms with Gasteiger partial charge in [0.05, 0.1) is 19.8 Å². The highest BCUT2D eigenvalue weighted by Gasteiger charge is 2.16. The number of esters is 2. The molecule has 0 saturated carbocycles. The van der Waals surface area contributed by atoms with E-state index in [4.69, 9.17) is 0 Å². The summed E-state index contributed by atoms with van der Waals surface area (Å²) in [5.41, 5.74) is 0.502. The number of hydrogen-bond acceptors (Lipinski definition) is 6. The summed E-state index contributed by atoms with van der Waals surface area (Å²) in [4.78, 5) is 27.0. The summed E-state index contributed by atoms with van der Waals surface area (Å²) in [5.74, 6) is -1.01. The van der Waals surface area contributed by atoms with Crippen LogP contribution in [0.3, 0.4) is 0 Å². The fraction of sp³-hybridized carbons (Fsp3) is 0.300. The molecule has 0 unspecified atom stereocenters. The summed E-state index contributed by atoms with van der Waals surface area (Å²) in [5, 5.41) is 0. The van der Waals surface area contributed by atoms with E-state index in [1.54, 1.807) is 12.3 Å². The lowest BCUT2D eigenvalue weighted by Gasteiger charge is -2.06. The third-order valence-corrected chi connectivity index (χ3v) is 2.62. The summed E-state index contributed by atoms with van der Waals surface area (Å²) in [6, 6.07) is 1.55. The van der Waals surface area contributed by atoms with Gasteiger partial charge in [0, 0.05) is 11.1 Å². The van der Waals surface area contributed by atoms with E-state index >= 15 is 0 Å². The molecule has 6 heteroatoms. The monoisotopic (exact) mass is 241 g/mol. The van der Waals surface area contributed by atoms with Gasteiger partial charge in [0.25, 0.3) is 0 Å². The minimum Gasteiger partial charge on any atom is -0.465 e. The first-order valence-electron chi connectivity index (χ1n) is 4.34. The first-order chi connectivity index (χ1) is 7.63. The van der Waals surface area contributed by atoms with Crippen molar-refractivity contribution in [2.75, 3.05) is 20.5 Å². The second kappa shape index (κ2) is 5.50. The quantitative estimate of drug-likeness (QED) is 0.588. The highest BCUT2D eigenvalue weighted by atomic mass is 32.2. The summed E-state index contributed by atoms with van der Waals surface area (Å²) >= 11 is 1.31. The molecular formula is C10H11NO4S. The molecule has 1 aromatic rings. The first-order valence-corrected chi connectivity index (χ1v) is 5.57. The number of hydrogen-bond donors (Lipinski definition) is 0. The number of aromatic nitrogens is 1. The Hall–Kier alpha value is -1.56. The Morgan fingerprint density at radius 3 is 2.38 bits per heavy atom. The average Bonchev–Trinajstić information content (AvgIpc) is 2.35. The van der Waals surface area contributed by atoms with Crippen molar-refractivity contribution in [1.82, 2.24) is 4.98 Å². The number of ether oxygens (including phenoxy) is 2. The van der Waals surface area contributed by atoms with Crippen molar-refractivity contribution in [1.29, 1.82) is 0 Å². The Morgan fingerprint density at radius 1 is 1.25 bits per heavy atom. The Bertz CT molecular complexity index is 419. The molecule has 0 N–H and O–H groups in total. The topological polar surface area (TPSA) is 65.5 Å². The van der Waals surface area contributed by atoms with Crippen molar-refractivity contribution in [3.63, 3.8) is 0 Å². The number of pyridine rings is 1. The van der Waals surface area contributed by atoms with Gasteiger partial charge in [0.2, 0.25) is 0 Å². The van der Waals surface area contributed by atoms with E-state index in [9.17, 15) is 9.59 Å². The van der Waals surface area contributed by atoms with Gasteiger partial charge >= 0.3 is 11.9 Å². The van der Waals surface area contributed by atoms with Crippen LogP contribution < -0.4 is 0 Å². The molecule has 0 spiro atoms. The van der Waals surface area contributed by atoms with E-state index in [0.29, 0.717) is 10.5 Å². The minimum atomic E-state index is -0.527. The Morgan fingerprint density at radius 2 is 1.88 bits per heavy atom. The number of rotatable bonds is 3. The van der Waals surface area contributed by atoms with E-state index in [0.717, 1.165) is 0 Å². The van der Waals surface area contributed by atoms with Crippen LogP contribution >= 0.6 is 11.8 Å². The van der Waals surface area contributed by atoms with Crippen LogP contribution in [0.4, 0.5) is 0 Å². The molecule has 1 aromatic heterocycles. The molecule has 5 nitrogen and oxygen atoms in total. The molecule has 0 amide bonds. The van der Waals surface area contributed by atoms with Gasteiger partial charge < -0.3 is 9.47 Å². The summed E-state index contributed by atoms with van der Waals surface area (Å²) < 4.78 is 9.13. The molecule has 0 fully saturated rings. The van der Waals surface area contributed by atoms with Crippen LogP contribution in [-0.4, -0.2) is 37.4 Å². The Kier molecular flexibility index (Phi) is 4.30. The predicted molar refractivity (Wildman–Crippen MR) is 58.7 cm³/mol. The van der Waals surface area contributed by atoms with Crippen LogP contribution in [0.5, 0.6) is 0 Å². The van der Waals surface area contributed by atoms with Gasteiger partial charge in [-0.15, -0.1) is 11.8 Å². The molecule has 0 aliphatic heterocycles. The lowest BCUT2D eigenvalue weighted by Crippen LogP contribution is -2.09. The zero-order chi connectivity index (χ0) is 12.1. The molecule has 0 aliphatic carbocycles. The fourth-order valence-electron chi connectivity index (χ4n) is 1.08. The standard InChI is InChI=1S/C10H11NO4S/c1-14-9(12)6-4-7(16-3)8(11-5-6)10(13)15-2/h4-5H,1-3H3. The van der Waals surface area contributed by atoms with Crippen molar-refractivity contribution < 1.29 is 19.1 Å². The van der Waals surface area contributed by atoms with E-state index in [1.807, 2.05) is 0 Å². The lowest BCUT2D eigenvalue weighted by molar-refractivity contribution is 0.0577. The second-order valence-corrected chi connectivity index (χ2v) is 3.61. The molecule has 0 aromatic carbocycles. The molecule has 0 bridgehead atoms. The number of methoxy groups -OCH3 is 2. The molecule has 1 heterocycles. The van der Waals surface area contributed by atoms with Crippen LogP contribution in [-0.2, 0) is 9.47 Å². The van der Waals surface area contributed by atoms with Gasteiger partial charge in [0.15, 0.2) is 5.69 Å². The van der Waals surface area contributed by atoms with Gasteiger partial charge in [-0.05, 0) is 12.3 Å². The molecule has 1 rings (SSSR count). The van der Waals surface area contributed by atoms with Crippen molar-refractivity contribution in [2.45, 2.75) is 4.90 Å². The van der Waals surface area contributed by atoms with Crippen LogP contribution in [0.25, 0.3) is 0 Å². The Labute approximate surface area is 97.1 Å². The zero-order valence-corrected chi connectivity index (χ0v) is 9.96. The maximum absolute atomic E-state index is 11.3. The number of thioether (sulfide) groups is 1. The van der Waals surface area contributed by atoms with Crippen molar-refractivity contribution >= 4 is 23.7 Å². The van der Waals surface area contributed by atoms with Crippen LogP contribution in [0.15, 0.2) is 17.2 Å². The van der Waals surface area contributed by atoms with Gasteiger partial charge in [-0.25, -0.2) is 14.6 Å². The molecule has 16 heavy (non-hydrogen) atoms. The highest BCUT2D eigenvalue weighted by molar-refractivity contribution is 7.98. The molecule has 0 aliphatic rings. The average molecular weight is 241 g/mol. The minimum absolute atomic E-state index is 0.197. The first kappa shape index (κ1) is 12.5. The van der Waals surface area contributed by atoms with Gasteiger partial charge in [-0.2, -0.15) is 0 Å². The number of carbonyl (C=O) groups excluding carboxylic acids is 2. The lowest BCUT2D eigenvalue weighted by atomic mass is 10.2. The third kappa shape index (κ3) is 2.52. The van der Waals surface area contributed by atoms with E-state index in [1.165, 1.54) is 32.2 Å². The van der Waals surface area contributed by atoms with E-state index < -0.39 is 11.9 Å². The van der Waals surface area contributed by atoms with Crippen molar-refractivity contribution in [2.24, 2.45) is 0 Å². The van der Waals surface area contributed by atoms with Gasteiger partial charge in [-0.1, -0.05) is 0 Å². The van der Waals surface area contributed by atoms with Gasteiger partial charge in [-0.3, -0.25) is 0 Å². The molecule has 0 radical (unpaired) electrons. The van der Waals surface area contributed by atoms with E-state index in [2.05, 4.69) is 14.5 Å². The maximum Gasteiger partial charge on any atom is 0.357 e. The van der Waals surface area contributed by atoms with E-state index in [-0.39, 0.29) is 5.69 Å². The second-order valence-electron chi connectivity index (χ2n) is 2.76. The summed E-state index contributed by atoms with van der Waals surface area (Å²) in [6.07, 6.45) is 3.07. The SMILES string of the molecule is COC(=O)c1cnc(C(=O)OC)c(SC)c1. The van der Waals surface area contributed by atoms with Crippen molar-refractivity contribution in [3.8, 4) is 0 Å². The summed E-state index contributed by atoms with van der Waals surface area (Å²) in [7, 11) is 2.57. The van der Waals surface area contributed by atoms with Crippen LogP contribution in [0.1, 0.15) is 20.8 Å². The smallest absolute Gasteiger partial charge is 0.357 e. The van der Waals surface area contributed by atoms with Crippen LogP contribution in [0.2, 0.25) is 0 Å². The predicted octanol–water partition coefficient (Wildman–Crippen LogP) is 1.38. The third-order valence-electron chi connectivity index (χ3n) is 1.87. The zero-order valence-electron chi connectivity index (χ0n) is 9.14. The molecule has 0 saturated heterocycles. The molecular weight excluding hydrogens is 230 g/mol. The maximum atomic E-state index is 11.3. The van der Waals surface area contributed by atoms with Crippen molar-refractivity contribution in [3.05, 3.63) is 23.5 Å². The molecule has 86 valence electrons. The summed E-state index contributed by atoms with van der Waals surface area (Å²) in [6.45, 7) is 0.